The van der Waals surface area contributed by atoms with Gasteiger partial charge in [0.15, 0.2) is 0 Å². The lowest BCUT2D eigenvalue weighted by molar-refractivity contribution is 0.0646. The zero-order chi connectivity index (χ0) is 21.7. The monoisotopic (exact) mass is 426 g/mol. The molecule has 0 saturated heterocycles. The first-order valence-corrected chi connectivity index (χ1v) is 10.2. The number of aromatic amines is 1. The van der Waals surface area contributed by atoms with Crippen LogP contribution in [-0.2, 0) is 6.42 Å². The van der Waals surface area contributed by atoms with Gasteiger partial charge < -0.3 is 14.3 Å². The number of aryl methyl sites for hydroxylation is 1. The number of carbonyl (C=O) groups is 1. The van der Waals surface area contributed by atoms with Crippen LogP contribution >= 0.6 is 0 Å². The van der Waals surface area contributed by atoms with Crippen LogP contribution in [0, 0.1) is 6.92 Å². The molecule has 1 amide bonds. The smallest absolute Gasteiger partial charge is 0.312 e. The Bertz CT molecular complexity index is 1430. The fourth-order valence-electron chi connectivity index (χ4n) is 4.15. The fourth-order valence-corrected chi connectivity index (χ4v) is 4.15. The predicted octanol–water partition coefficient (Wildman–Crippen LogP) is 2.60. The molecule has 6 rings (SSSR count). The van der Waals surface area contributed by atoms with E-state index in [1.807, 2.05) is 35.8 Å². The van der Waals surface area contributed by atoms with Gasteiger partial charge in [-0.05, 0) is 36.8 Å². The molecule has 32 heavy (non-hydrogen) atoms. The Kier molecular flexibility index (Phi) is 4.10. The Morgan fingerprint density at radius 1 is 1.22 bits per heavy atom. The van der Waals surface area contributed by atoms with Crippen molar-refractivity contribution in [3.63, 3.8) is 0 Å². The van der Waals surface area contributed by atoms with E-state index in [0.717, 1.165) is 28.2 Å². The number of carbonyl (C=O) groups excluding carboxylic acids is 1. The lowest BCUT2D eigenvalue weighted by Gasteiger charge is -2.32. The van der Waals surface area contributed by atoms with Crippen molar-refractivity contribution in [1.29, 1.82) is 0 Å². The Hall–Kier alpha value is -4.34. The molecule has 0 fully saturated rings. The molecule has 1 aliphatic heterocycles. The highest BCUT2D eigenvalue weighted by molar-refractivity contribution is 5.90. The largest absolute Gasteiger partial charge is 0.412 e. The van der Waals surface area contributed by atoms with Gasteiger partial charge in [0.05, 0.1) is 23.2 Å². The summed E-state index contributed by atoms with van der Waals surface area (Å²) in [4.78, 5) is 26.9. The van der Waals surface area contributed by atoms with Gasteiger partial charge >= 0.3 is 11.8 Å². The van der Waals surface area contributed by atoms with Gasteiger partial charge in [0.25, 0.3) is 0 Å². The molecule has 1 N–H and O–H groups in total. The molecule has 5 aromatic rings. The molecule has 0 unspecified atom stereocenters. The van der Waals surface area contributed by atoms with Crippen LogP contribution in [0.3, 0.4) is 0 Å². The van der Waals surface area contributed by atoms with E-state index in [1.165, 1.54) is 0 Å². The standard InChI is InChI=1S/C22H18N8O2/c1-13-3-2-9-30-17(13)11-16(28-30)19-18-15(24-12-25-18)6-10-29(19)22(31)21-27-26-20(32-21)14-4-7-23-8-5-14/h2-5,7-9,11-12,19H,6,10H2,1H3,(H,24,25)/t19-/m1/s1. The molecule has 10 nitrogen and oxygen atoms in total. The Morgan fingerprint density at radius 2 is 2.09 bits per heavy atom. The fraction of sp³-hybridized carbons (Fsp3) is 0.182. The third kappa shape index (κ3) is 2.88. The van der Waals surface area contributed by atoms with E-state index >= 15 is 0 Å². The van der Waals surface area contributed by atoms with Gasteiger partial charge in [-0.25, -0.2) is 9.50 Å². The summed E-state index contributed by atoms with van der Waals surface area (Å²) in [6.45, 7) is 2.50. The molecular weight excluding hydrogens is 408 g/mol. The number of nitrogens with zero attached hydrogens (tertiary/aromatic N) is 7. The predicted molar refractivity (Wildman–Crippen MR) is 113 cm³/mol. The van der Waals surface area contributed by atoms with Gasteiger partial charge in [-0.1, -0.05) is 6.07 Å². The second kappa shape index (κ2) is 7.12. The average Bonchev–Trinajstić information content (AvgIpc) is 3.58. The zero-order valence-corrected chi connectivity index (χ0v) is 17.1. The first-order chi connectivity index (χ1) is 15.7. The maximum Gasteiger partial charge on any atom is 0.312 e. The highest BCUT2D eigenvalue weighted by Gasteiger charge is 2.38. The molecule has 0 aliphatic carbocycles. The van der Waals surface area contributed by atoms with E-state index < -0.39 is 6.04 Å². The minimum absolute atomic E-state index is 0.0688. The summed E-state index contributed by atoms with van der Waals surface area (Å²) in [5.41, 5.74) is 5.29. The van der Waals surface area contributed by atoms with Gasteiger partial charge in [-0.2, -0.15) is 5.10 Å². The molecular formula is C22H18N8O2. The number of amides is 1. The normalized spacial score (nSPS) is 15.8. The lowest BCUT2D eigenvalue weighted by Crippen LogP contribution is -2.41. The molecule has 0 spiro atoms. The van der Waals surface area contributed by atoms with E-state index in [4.69, 9.17) is 9.52 Å². The van der Waals surface area contributed by atoms with E-state index in [1.54, 1.807) is 35.8 Å². The summed E-state index contributed by atoms with van der Waals surface area (Å²) in [5, 5.41) is 12.8. The van der Waals surface area contributed by atoms with Crippen LogP contribution in [0.5, 0.6) is 0 Å². The van der Waals surface area contributed by atoms with Gasteiger partial charge in [0.2, 0.25) is 5.89 Å². The Labute approximate surface area is 181 Å². The van der Waals surface area contributed by atoms with Crippen LogP contribution in [0.4, 0.5) is 0 Å². The first kappa shape index (κ1) is 18.4. The molecule has 5 aromatic heterocycles. The van der Waals surface area contributed by atoms with Gasteiger partial charge in [-0.3, -0.25) is 9.78 Å². The SMILES string of the molecule is Cc1cccn2nc([C@@H]3c4nc[nH]c4CCN3C(=O)c3nnc(-c4ccncc4)o3)cc12. The van der Waals surface area contributed by atoms with Crippen molar-refractivity contribution in [3.8, 4) is 11.5 Å². The van der Waals surface area contributed by atoms with Crippen molar-refractivity contribution in [2.24, 2.45) is 0 Å². The molecule has 1 atom stereocenters. The minimum atomic E-state index is -0.465. The third-order valence-corrected chi connectivity index (χ3v) is 5.73. The van der Waals surface area contributed by atoms with E-state index in [0.29, 0.717) is 18.5 Å². The van der Waals surface area contributed by atoms with Crippen LogP contribution in [0.2, 0.25) is 0 Å². The van der Waals surface area contributed by atoms with E-state index in [9.17, 15) is 4.79 Å². The van der Waals surface area contributed by atoms with E-state index in [-0.39, 0.29) is 17.7 Å². The number of pyridine rings is 2. The average molecular weight is 426 g/mol. The van der Waals surface area contributed by atoms with Gasteiger partial charge in [-0.15, -0.1) is 10.2 Å². The van der Waals surface area contributed by atoms with Crippen molar-refractivity contribution in [2.75, 3.05) is 6.54 Å². The molecule has 0 bridgehead atoms. The molecule has 1 aliphatic rings. The topological polar surface area (TPSA) is 118 Å². The van der Waals surface area contributed by atoms with Gasteiger partial charge in [0.1, 0.15) is 6.04 Å². The minimum Gasteiger partial charge on any atom is -0.412 e. The maximum atomic E-state index is 13.5. The number of fused-ring (bicyclic) bond motifs is 2. The number of nitrogens with one attached hydrogen (secondary N) is 1. The van der Waals surface area contributed by atoms with Crippen molar-refractivity contribution >= 4 is 11.4 Å². The van der Waals surface area contributed by atoms with Crippen LogP contribution in [-0.4, -0.2) is 52.1 Å². The third-order valence-electron chi connectivity index (χ3n) is 5.73. The Morgan fingerprint density at radius 3 is 2.94 bits per heavy atom. The number of hydrogen-bond acceptors (Lipinski definition) is 7. The van der Waals surface area contributed by atoms with Gasteiger partial charge in [0, 0.05) is 42.8 Å². The highest BCUT2D eigenvalue weighted by atomic mass is 16.4. The summed E-state index contributed by atoms with van der Waals surface area (Å²) < 4.78 is 7.54. The summed E-state index contributed by atoms with van der Waals surface area (Å²) in [7, 11) is 0. The molecule has 0 saturated carbocycles. The molecule has 0 aromatic carbocycles. The zero-order valence-electron chi connectivity index (χ0n) is 17.1. The Balaban J connectivity index is 1.41. The summed E-state index contributed by atoms with van der Waals surface area (Å²) >= 11 is 0. The summed E-state index contributed by atoms with van der Waals surface area (Å²) in [5.74, 6) is -0.154. The summed E-state index contributed by atoms with van der Waals surface area (Å²) in [6.07, 6.45) is 7.46. The molecule has 6 heterocycles. The number of aromatic nitrogens is 7. The maximum absolute atomic E-state index is 13.5. The highest BCUT2D eigenvalue weighted by Crippen LogP contribution is 2.34. The number of H-pyrrole nitrogens is 1. The quantitative estimate of drug-likeness (QED) is 0.471. The number of imidazole rings is 1. The van der Waals surface area contributed by atoms with Crippen molar-refractivity contribution in [2.45, 2.75) is 19.4 Å². The van der Waals surface area contributed by atoms with Crippen LogP contribution in [0.15, 0.2) is 59.7 Å². The molecule has 10 heteroatoms. The van der Waals surface area contributed by atoms with Crippen LogP contribution < -0.4 is 0 Å². The number of hydrogen-bond donors (Lipinski definition) is 1. The van der Waals surface area contributed by atoms with Crippen LogP contribution in [0.1, 0.15) is 39.4 Å². The molecule has 158 valence electrons. The molecule has 0 radical (unpaired) electrons. The summed E-state index contributed by atoms with van der Waals surface area (Å²) in [6, 6.07) is 9.01. The lowest BCUT2D eigenvalue weighted by atomic mass is 9.99. The van der Waals surface area contributed by atoms with Crippen LogP contribution in [0.25, 0.3) is 17.0 Å². The van der Waals surface area contributed by atoms with Crippen molar-refractivity contribution in [1.82, 2.24) is 39.7 Å². The number of rotatable bonds is 3. The second-order valence-corrected chi connectivity index (χ2v) is 7.66. The first-order valence-electron chi connectivity index (χ1n) is 10.2. The van der Waals surface area contributed by atoms with Crippen molar-refractivity contribution in [3.05, 3.63) is 83.8 Å². The second-order valence-electron chi connectivity index (χ2n) is 7.66. The van der Waals surface area contributed by atoms with E-state index in [2.05, 4.69) is 25.1 Å². The van der Waals surface area contributed by atoms with Crippen molar-refractivity contribution < 1.29 is 9.21 Å².